The predicted molar refractivity (Wildman–Crippen MR) is 93.4 cm³/mol. The van der Waals surface area contributed by atoms with Crippen molar-refractivity contribution >= 4 is 5.91 Å². The van der Waals surface area contributed by atoms with Gasteiger partial charge in [-0.15, -0.1) is 0 Å². The molecule has 5 heteroatoms. The molecule has 0 radical (unpaired) electrons. The van der Waals surface area contributed by atoms with Crippen LogP contribution in [0.2, 0.25) is 0 Å². The van der Waals surface area contributed by atoms with Gasteiger partial charge in [-0.05, 0) is 56.8 Å². The molecule has 0 bridgehead atoms. The number of carbonyl (C=O) groups is 1. The van der Waals surface area contributed by atoms with E-state index in [1.54, 1.807) is 7.11 Å². The van der Waals surface area contributed by atoms with Gasteiger partial charge < -0.3 is 19.7 Å². The normalized spacial score (nSPS) is 21.6. The first-order valence-corrected chi connectivity index (χ1v) is 8.90. The number of hydrogen-bond acceptors (Lipinski definition) is 4. The average molecular weight is 332 g/mol. The molecule has 5 nitrogen and oxygen atoms in total. The third-order valence-electron chi connectivity index (χ3n) is 5.44. The first-order valence-electron chi connectivity index (χ1n) is 8.90. The van der Waals surface area contributed by atoms with E-state index in [0.717, 1.165) is 50.4 Å². The molecular formula is C19H28N2O3. The largest absolute Gasteiger partial charge is 0.493 e. The van der Waals surface area contributed by atoms with Gasteiger partial charge in [0.25, 0.3) is 0 Å². The standard InChI is InChI=1S/C19H28N2O3/c1-15(13-24-17-6-4-3-5-16(17)23-2)21-14-19(8-7-18(21)22)9-11-20-12-10-19/h3-6,15,20H,7-14H2,1-2H3. The molecule has 1 unspecified atom stereocenters. The van der Waals surface area contributed by atoms with Gasteiger partial charge in [0.15, 0.2) is 11.5 Å². The molecule has 1 N–H and O–H groups in total. The molecule has 2 saturated heterocycles. The van der Waals surface area contributed by atoms with Crippen LogP contribution in [0, 0.1) is 5.41 Å². The third kappa shape index (κ3) is 3.66. The molecule has 2 heterocycles. The van der Waals surface area contributed by atoms with Crippen LogP contribution in [-0.2, 0) is 4.79 Å². The maximum absolute atomic E-state index is 12.4. The number of rotatable bonds is 5. The summed E-state index contributed by atoms with van der Waals surface area (Å²) in [5.74, 6) is 1.72. The molecule has 0 saturated carbocycles. The van der Waals surface area contributed by atoms with Crippen LogP contribution in [0.4, 0.5) is 0 Å². The number of para-hydroxylation sites is 2. The summed E-state index contributed by atoms with van der Waals surface area (Å²) in [4.78, 5) is 14.5. The van der Waals surface area contributed by atoms with Crippen molar-refractivity contribution in [1.29, 1.82) is 0 Å². The summed E-state index contributed by atoms with van der Waals surface area (Å²) >= 11 is 0. The molecule has 3 rings (SSSR count). The number of nitrogens with zero attached hydrogens (tertiary/aromatic N) is 1. The summed E-state index contributed by atoms with van der Waals surface area (Å²) in [6.45, 7) is 5.56. The minimum absolute atomic E-state index is 0.0643. The van der Waals surface area contributed by atoms with Gasteiger partial charge >= 0.3 is 0 Å². The average Bonchev–Trinajstić information content (AvgIpc) is 2.63. The fourth-order valence-electron chi connectivity index (χ4n) is 3.85. The highest BCUT2D eigenvalue weighted by Crippen LogP contribution is 2.39. The van der Waals surface area contributed by atoms with E-state index >= 15 is 0 Å². The van der Waals surface area contributed by atoms with Crippen LogP contribution in [0.1, 0.15) is 32.6 Å². The lowest BCUT2D eigenvalue weighted by molar-refractivity contribution is -0.141. The second-order valence-corrected chi connectivity index (χ2v) is 7.08. The van der Waals surface area contributed by atoms with Gasteiger partial charge in [-0.1, -0.05) is 12.1 Å². The van der Waals surface area contributed by atoms with Gasteiger partial charge in [-0.2, -0.15) is 0 Å². The lowest BCUT2D eigenvalue weighted by atomic mass is 9.72. The maximum atomic E-state index is 12.4. The Bertz CT molecular complexity index is 569. The number of nitrogens with one attached hydrogen (secondary N) is 1. The molecular weight excluding hydrogens is 304 g/mol. The van der Waals surface area contributed by atoms with Crippen LogP contribution in [0.5, 0.6) is 11.5 Å². The summed E-state index contributed by atoms with van der Waals surface area (Å²) in [6, 6.07) is 7.70. The van der Waals surface area contributed by atoms with Crippen LogP contribution in [0.15, 0.2) is 24.3 Å². The summed E-state index contributed by atoms with van der Waals surface area (Å²) in [5.41, 5.74) is 0.303. The molecule has 1 aromatic carbocycles. The highest BCUT2D eigenvalue weighted by molar-refractivity contribution is 5.77. The summed E-state index contributed by atoms with van der Waals surface area (Å²) < 4.78 is 11.3. The van der Waals surface area contributed by atoms with Crippen molar-refractivity contribution in [2.75, 3.05) is 33.4 Å². The van der Waals surface area contributed by atoms with Crippen LogP contribution < -0.4 is 14.8 Å². The second-order valence-electron chi connectivity index (χ2n) is 7.08. The van der Waals surface area contributed by atoms with Crippen molar-refractivity contribution in [1.82, 2.24) is 10.2 Å². The molecule has 0 aromatic heterocycles. The first-order chi connectivity index (χ1) is 11.6. The van der Waals surface area contributed by atoms with Gasteiger partial charge in [0.2, 0.25) is 5.91 Å². The third-order valence-corrected chi connectivity index (χ3v) is 5.44. The Morgan fingerprint density at radius 1 is 1.21 bits per heavy atom. The Hall–Kier alpha value is -1.75. The number of amides is 1. The quantitative estimate of drug-likeness (QED) is 0.900. The Morgan fingerprint density at radius 2 is 1.92 bits per heavy atom. The van der Waals surface area contributed by atoms with E-state index in [0.29, 0.717) is 18.4 Å². The van der Waals surface area contributed by atoms with Gasteiger partial charge in [0.1, 0.15) is 6.61 Å². The Morgan fingerprint density at radius 3 is 2.62 bits per heavy atom. The smallest absolute Gasteiger partial charge is 0.222 e. The second kappa shape index (κ2) is 7.43. The molecule has 1 spiro atoms. The highest BCUT2D eigenvalue weighted by atomic mass is 16.5. The fourth-order valence-corrected chi connectivity index (χ4v) is 3.85. The number of benzene rings is 1. The van der Waals surface area contributed by atoms with Crippen molar-refractivity contribution in [3.05, 3.63) is 24.3 Å². The van der Waals surface area contributed by atoms with E-state index in [9.17, 15) is 4.79 Å². The predicted octanol–water partition coefficient (Wildman–Crippen LogP) is 2.45. The zero-order chi connectivity index (χ0) is 17.0. The summed E-state index contributed by atoms with van der Waals surface area (Å²) in [6.07, 6.45) is 4.02. The monoisotopic (exact) mass is 332 g/mol. The van der Waals surface area contributed by atoms with Gasteiger partial charge in [-0.25, -0.2) is 0 Å². The number of carbonyl (C=O) groups excluding carboxylic acids is 1. The van der Waals surface area contributed by atoms with Crippen molar-refractivity contribution in [3.63, 3.8) is 0 Å². The van der Waals surface area contributed by atoms with Crippen LogP contribution in [0.25, 0.3) is 0 Å². The Labute approximate surface area is 144 Å². The Kier molecular flexibility index (Phi) is 5.29. The molecule has 2 aliphatic heterocycles. The Balaban J connectivity index is 1.62. The van der Waals surface area contributed by atoms with E-state index in [2.05, 4.69) is 12.2 Å². The van der Waals surface area contributed by atoms with Gasteiger partial charge in [0, 0.05) is 13.0 Å². The number of hydrogen-bond donors (Lipinski definition) is 1. The summed E-state index contributed by atoms with van der Waals surface area (Å²) in [5, 5.41) is 3.43. The van der Waals surface area contributed by atoms with E-state index in [1.807, 2.05) is 29.2 Å². The molecule has 2 aliphatic rings. The van der Waals surface area contributed by atoms with Gasteiger partial charge in [-0.3, -0.25) is 4.79 Å². The molecule has 0 aliphatic carbocycles. The van der Waals surface area contributed by atoms with Crippen molar-refractivity contribution in [2.24, 2.45) is 5.41 Å². The lowest BCUT2D eigenvalue weighted by Gasteiger charge is -2.47. The number of ether oxygens (including phenoxy) is 2. The molecule has 24 heavy (non-hydrogen) atoms. The molecule has 2 fully saturated rings. The molecule has 1 atom stereocenters. The summed E-state index contributed by atoms with van der Waals surface area (Å²) in [7, 11) is 1.64. The minimum atomic E-state index is 0.0643. The van der Waals surface area contributed by atoms with Crippen LogP contribution in [0.3, 0.4) is 0 Å². The number of piperidine rings is 2. The fraction of sp³-hybridized carbons (Fsp3) is 0.632. The zero-order valence-electron chi connectivity index (χ0n) is 14.7. The minimum Gasteiger partial charge on any atom is -0.493 e. The highest BCUT2D eigenvalue weighted by Gasteiger charge is 2.40. The number of likely N-dealkylation sites (tertiary alicyclic amines) is 1. The van der Waals surface area contributed by atoms with Crippen LogP contribution >= 0.6 is 0 Å². The maximum Gasteiger partial charge on any atom is 0.222 e. The van der Waals surface area contributed by atoms with E-state index in [1.165, 1.54) is 0 Å². The molecule has 132 valence electrons. The van der Waals surface area contributed by atoms with E-state index < -0.39 is 0 Å². The first kappa shape index (κ1) is 17.1. The SMILES string of the molecule is COc1ccccc1OCC(C)N1CC2(CCNCC2)CCC1=O. The number of methoxy groups -OCH3 is 1. The lowest BCUT2D eigenvalue weighted by Crippen LogP contribution is -2.54. The molecule has 1 amide bonds. The van der Waals surface area contributed by atoms with E-state index in [-0.39, 0.29) is 11.9 Å². The van der Waals surface area contributed by atoms with Crippen molar-refractivity contribution in [3.8, 4) is 11.5 Å². The van der Waals surface area contributed by atoms with Crippen molar-refractivity contribution in [2.45, 2.75) is 38.6 Å². The van der Waals surface area contributed by atoms with Gasteiger partial charge in [0.05, 0.1) is 13.2 Å². The zero-order valence-corrected chi connectivity index (χ0v) is 14.7. The van der Waals surface area contributed by atoms with Crippen LogP contribution in [-0.4, -0.2) is 50.2 Å². The van der Waals surface area contributed by atoms with E-state index in [4.69, 9.17) is 9.47 Å². The topological polar surface area (TPSA) is 50.8 Å². The van der Waals surface area contributed by atoms with Crippen molar-refractivity contribution < 1.29 is 14.3 Å². The molecule has 1 aromatic rings.